The Hall–Kier alpha value is -5.90. The van der Waals surface area contributed by atoms with Crippen LogP contribution in [0.3, 0.4) is 0 Å². The van der Waals surface area contributed by atoms with Gasteiger partial charge in [0.25, 0.3) is 17.2 Å². The molecule has 10 nitrogen and oxygen atoms in total. The van der Waals surface area contributed by atoms with Crippen LogP contribution in [0.1, 0.15) is 15.9 Å². The Kier molecular flexibility index (Phi) is 7.32. The molecule has 0 spiro atoms. The van der Waals surface area contributed by atoms with Crippen molar-refractivity contribution in [1.82, 2.24) is 9.55 Å². The van der Waals surface area contributed by atoms with Crippen LogP contribution in [-0.4, -0.2) is 39.3 Å². The van der Waals surface area contributed by atoms with Crippen molar-refractivity contribution < 1.29 is 19.2 Å². The van der Waals surface area contributed by atoms with E-state index in [9.17, 15) is 24.5 Å². The van der Waals surface area contributed by atoms with Gasteiger partial charge in [0.05, 0.1) is 28.1 Å². The fraction of sp³-hybridized carbons (Fsp3) is 0.0909. The summed E-state index contributed by atoms with van der Waals surface area (Å²) in [7, 11) is 0. The molecule has 1 aromatic heterocycles. The van der Waals surface area contributed by atoms with Crippen molar-refractivity contribution in [2.45, 2.75) is 6.54 Å². The summed E-state index contributed by atoms with van der Waals surface area (Å²) in [5.74, 6) is 0.469. The molecule has 0 radical (unpaired) electrons. The van der Waals surface area contributed by atoms with Crippen LogP contribution in [0.4, 0.5) is 11.4 Å². The number of amides is 1. The van der Waals surface area contributed by atoms with Gasteiger partial charge in [-0.15, -0.1) is 0 Å². The molecule has 2 heterocycles. The monoisotopic (exact) mass is 572 g/mol. The van der Waals surface area contributed by atoms with Gasteiger partial charge in [0, 0.05) is 29.8 Å². The second-order valence-corrected chi connectivity index (χ2v) is 9.86. The van der Waals surface area contributed by atoms with Crippen LogP contribution in [0.15, 0.2) is 108 Å². The number of hydrogen-bond acceptors (Lipinski definition) is 7. The number of benzene rings is 4. The van der Waals surface area contributed by atoms with E-state index in [0.717, 1.165) is 5.56 Å². The maximum Gasteiger partial charge on any atom is 0.269 e. The molecule has 0 aliphatic carbocycles. The zero-order valence-electron chi connectivity index (χ0n) is 22.8. The van der Waals surface area contributed by atoms with Crippen LogP contribution in [0.2, 0.25) is 0 Å². The topological polar surface area (TPSA) is 125 Å². The van der Waals surface area contributed by atoms with E-state index in [1.807, 2.05) is 18.2 Å². The number of ether oxygens (including phenoxy) is 1. The van der Waals surface area contributed by atoms with E-state index in [-0.39, 0.29) is 42.6 Å². The Bertz CT molecular complexity index is 1960. The Morgan fingerprint density at radius 1 is 0.930 bits per heavy atom. The zero-order valence-corrected chi connectivity index (χ0v) is 22.8. The minimum absolute atomic E-state index is 0.0541. The van der Waals surface area contributed by atoms with Crippen LogP contribution >= 0.6 is 0 Å². The van der Waals surface area contributed by atoms with Gasteiger partial charge in [-0.25, -0.2) is 4.98 Å². The van der Waals surface area contributed by atoms with Gasteiger partial charge in [0.15, 0.2) is 12.4 Å². The lowest BCUT2D eigenvalue weighted by Gasteiger charge is -2.28. The number of carbonyl (C=O) groups is 2. The molecule has 0 saturated carbocycles. The van der Waals surface area contributed by atoms with Crippen molar-refractivity contribution >= 4 is 40.0 Å². The molecule has 0 bridgehead atoms. The molecule has 43 heavy (non-hydrogen) atoms. The Labute approximate surface area is 245 Å². The second kappa shape index (κ2) is 11.5. The summed E-state index contributed by atoms with van der Waals surface area (Å²) in [4.78, 5) is 55.7. The van der Waals surface area contributed by atoms with Gasteiger partial charge in [-0.05, 0) is 42.0 Å². The van der Waals surface area contributed by atoms with Crippen molar-refractivity contribution in [1.29, 1.82) is 0 Å². The van der Waals surface area contributed by atoms with Crippen molar-refractivity contribution in [3.8, 4) is 17.1 Å². The molecule has 0 N–H and O–H groups in total. The second-order valence-electron chi connectivity index (χ2n) is 9.86. The van der Waals surface area contributed by atoms with Gasteiger partial charge in [-0.1, -0.05) is 60.7 Å². The number of ketones is 1. The number of anilines is 1. The number of para-hydroxylation sites is 3. The number of aromatic nitrogens is 2. The van der Waals surface area contributed by atoms with E-state index in [0.29, 0.717) is 39.3 Å². The molecule has 6 rings (SSSR count). The molecular formula is C33H24N4O6. The first-order valence-electron chi connectivity index (χ1n) is 13.5. The highest BCUT2D eigenvalue weighted by atomic mass is 16.6. The third-order valence-corrected chi connectivity index (χ3v) is 7.14. The number of rotatable bonds is 8. The summed E-state index contributed by atoms with van der Waals surface area (Å²) in [6, 6.07) is 27.0. The maximum absolute atomic E-state index is 13.4. The molecule has 1 amide bonds. The molecule has 212 valence electrons. The molecule has 0 fully saturated rings. The lowest BCUT2D eigenvalue weighted by molar-refractivity contribution is -0.384. The number of allylic oxidation sites excluding steroid dienone is 1. The van der Waals surface area contributed by atoms with E-state index in [1.165, 1.54) is 21.6 Å². The van der Waals surface area contributed by atoms with Crippen molar-refractivity contribution in [2.75, 3.05) is 18.1 Å². The fourth-order valence-electron chi connectivity index (χ4n) is 4.93. The van der Waals surface area contributed by atoms with Crippen LogP contribution in [0.5, 0.6) is 5.75 Å². The average molecular weight is 573 g/mol. The van der Waals surface area contributed by atoms with Crippen molar-refractivity contribution in [3.63, 3.8) is 0 Å². The SMILES string of the molecule is O=C(CN1C(=O)COc2ccccc21)c1ccc(/C=C/Cn2c(-c3ccc([N+](=O)[O-])cc3)nc3ccccc3c2=O)cc1. The summed E-state index contributed by atoms with van der Waals surface area (Å²) < 4.78 is 6.98. The molecule has 0 atom stereocenters. The summed E-state index contributed by atoms with van der Waals surface area (Å²) in [5.41, 5.74) is 2.66. The summed E-state index contributed by atoms with van der Waals surface area (Å²) >= 11 is 0. The Morgan fingerprint density at radius 2 is 1.65 bits per heavy atom. The van der Waals surface area contributed by atoms with E-state index >= 15 is 0 Å². The number of nitrogens with zero attached hydrogens (tertiary/aromatic N) is 4. The number of hydrogen-bond donors (Lipinski definition) is 0. The maximum atomic E-state index is 13.4. The van der Waals surface area contributed by atoms with Gasteiger partial charge < -0.3 is 4.74 Å². The van der Waals surface area contributed by atoms with Gasteiger partial charge in [-0.2, -0.15) is 0 Å². The van der Waals surface area contributed by atoms with E-state index in [1.54, 1.807) is 78.9 Å². The Balaban J connectivity index is 1.21. The predicted octanol–water partition coefficient (Wildman–Crippen LogP) is 5.29. The lowest BCUT2D eigenvalue weighted by atomic mass is 10.1. The molecular weight excluding hydrogens is 548 g/mol. The predicted molar refractivity (Wildman–Crippen MR) is 162 cm³/mol. The highest BCUT2D eigenvalue weighted by Gasteiger charge is 2.27. The zero-order chi connectivity index (χ0) is 29.9. The lowest BCUT2D eigenvalue weighted by Crippen LogP contribution is -2.41. The first-order chi connectivity index (χ1) is 20.9. The van der Waals surface area contributed by atoms with E-state index in [2.05, 4.69) is 0 Å². The van der Waals surface area contributed by atoms with Crippen LogP contribution in [0.25, 0.3) is 28.4 Å². The number of nitro groups is 1. The largest absolute Gasteiger partial charge is 0.482 e. The van der Waals surface area contributed by atoms with Crippen LogP contribution < -0.4 is 15.2 Å². The molecule has 5 aromatic rings. The molecule has 4 aromatic carbocycles. The normalized spacial score (nSPS) is 12.7. The average Bonchev–Trinajstić information content (AvgIpc) is 3.03. The molecule has 0 saturated heterocycles. The van der Waals surface area contributed by atoms with Crippen LogP contribution in [-0.2, 0) is 11.3 Å². The van der Waals surface area contributed by atoms with Gasteiger partial charge in [-0.3, -0.25) is 34.0 Å². The standard InChI is InChI=1S/C33H24N4O6/c38-29(20-36-28-9-3-4-10-30(28)43-21-31(36)39)23-13-11-22(12-14-23)6-5-19-35-32(24-15-17-25(18-16-24)37(41)42)34-27-8-2-1-7-26(27)33(35)40/h1-18H,19-21H2/b6-5+. The smallest absolute Gasteiger partial charge is 0.269 e. The van der Waals surface area contributed by atoms with Crippen LogP contribution in [0, 0.1) is 10.1 Å². The van der Waals surface area contributed by atoms with Gasteiger partial charge >= 0.3 is 0 Å². The third kappa shape index (κ3) is 5.53. The van der Waals surface area contributed by atoms with Crippen molar-refractivity contribution in [2.24, 2.45) is 0 Å². The Morgan fingerprint density at radius 3 is 2.42 bits per heavy atom. The molecule has 10 heteroatoms. The number of nitro benzene ring substituents is 1. The minimum atomic E-state index is -0.479. The van der Waals surface area contributed by atoms with Gasteiger partial charge in [0.2, 0.25) is 0 Å². The summed E-state index contributed by atoms with van der Waals surface area (Å²) in [6.45, 7) is -0.0182. The quantitative estimate of drug-likeness (QED) is 0.140. The number of Topliss-reactive ketones (excluding diaryl/α,β-unsaturated/α-hetero) is 1. The summed E-state index contributed by atoms with van der Waals surface area (Å²) in [5, 5.41) is 11.6. The summed E-state index contributed by atoms with van der Waals surface area (Å²) in [6.07, 6.45) is 3.64. The molecule has 1 aliphatic heterocycles. The molecule has 0 unspecified atom stereocenters. The highest BCUT2D eigenvalue weighted by molar-refractivity contribution is 6.07. The first-order valence-corrected chi connectivity index (χ1v) is 13.5. The van der Waals surface area contributed by atoms with Crippen molar-refractivity contribution in [3.05, 3.63) is 135 Å². The molecule has 1 aliphatic rings. The first kappa shape index (κ1) is 27.3. The fourth-order valence-corrected chi connectivity index (χ4v) is 4.93. The van der Waals surface area contributed by atoms with E-state index in [4.69, 9.17) is 9.72 Å². The van der Waals surface area contributed by atoms with E-state index < -0.39 is 4.92 Å². The third-order valence-electron chi connectivity index (χ3n) is 7.14. The number of fused-ring (bicyclic) bond motifs is 2. The number of carbonyl (C=O) groups excluding carboxylic acids is 2. The minimum Gasteiger partial charge on any atom is -0.482 e. The van der Waals surface area contributed by atoms with Gasteiger partial charge in [0.1, 0.15) is 11.6 Å². The number of non-ortho nitro benzene ring substituents is 1. The highest BCUT2D eigenvalue weighted by Crippen LogP contribution is 2.31.